The summed E-state index contributed by atoms with van der Waals surface area (Å²) in [6.07, 6.45) is 4.93. The summed E-state index contributed by atoms with van der Waals surface area (Å²) in [7, 11) is 0. The fourth-order valence-electron chi connectivity index (χ4n) is 3.63. The van der Waals surface area contributed by atoms with Crippen LogP contribution in [0.2, 0.25) is 0 Å². The van der Waals surface area contributed by atoms with E-state index in [2.05, 4.69) is 52.0 Å². The Morgan fingerprint density at radius 2 is 1.65 bits per heavy atom. The lowest BCUT2D eigenvalue weighted by atomic mass is 10.00. The zero-order valence-corrected chi connectivity index (χ0v) is 13.8. The van der Waals surface area contributed by atoms with Gasteiger partial charge in [-0.1, -0.05) is 24.3 Å². The van der Waals surface area contributed by atoms with Gasteiger partial charge in [-0.3, -0.25) is 0 Å². The van der Waals surface area contributed by atoms with E-state index in [1.165, 1.54) is 30.4 Å². The molecule has 4 nitrogen and oxygen atoms in total. The van der Waals surface area contributed by atoms with Gasteiger partial charge in [-0.2, -0.15) is 4.98 Å². The van der Waals surface area contributed by atoms with Crippen LogP contribution < -0.4 is 9.80 Å². The Hall–Kier alpha value is -2.10. The van der Waals surface area contributed by atoms with Crippen LogP contribution in [-0.2, 0) is 13.0 Å². The maximum absolute atomic E-state index is 4.89. The largest absolute Gasteiger partial charge is 0.352 e. The molecule has 0 radical (unpaired) electrons. The molecule has 1 aromatic carbocycles. The normalized spacial score (nSPS) is 18.0. The predicted molar refractivity (Wildman–Crippen MR) is 94.0 cm³/mol. The lowest BCUT2D eigenvalue weighted by molar-refractivity contribution is 0.567. The highest BCUT2D eigenvalue weighted by Gasteiger charge is 2.20. The summed E-state index contributed by atoms with van der Waals surface area (Å²) in [6.45, 7) is 6.24. The second kappa shape index (κ2) is 6.19. The Balaban J connectivity index is 1.60. The van der Waals surface area contributed by atoms with E-state index in [1.807, 2.05) is 0 Å². The average molecular weight is 308 g/mol. The SMILES string of the molecule is Cc1cc(N2CCc3ccccc3C2)nc(N2CCCCC2)n1. The van der Waals surface area contributed by atoms with Crippen LogP contribution in [0, 0.1) is 6.92 Å². The molecule has 2 aromatic rings. The molecule has 4 rings (SSSR count). The van der Waals surface area contributed by atoms with E-state index in [4.69, 9.17) is 4.98 Å². The van der Waals surface area contributed by atoms with Gasteiger partial charge in [0.05, 0.1) is 0 Å². The molecule has 0 bridgehead atoms. The predicted octanol–water partition coefficient (Wildman–Crippen LogP) is 3.34. The van der Waals surface area contributed by atoms with Crippen molar-refractivity contribution in [2.75, 3.05) is 29.4 Å². The molecule has 0 aliphatic carbocycles. The Labute approximate surface area is 138 Å². The third-order valence-corrected chi connectivity index (χ3v) is 4.92. The van der Waals surface area contributed by atoms with Crippen LogP contribution in [0.1, 0.15) is 36.1 Å². The first-order chi connectivity index (χ1) is 11.3. The van der Waals surface area contributed by atoms with Crippen LogP contribution in [0.25, 0.3) is 0 Å². The Morgan fingerprint density at radius 3 is 2.48 bits per heavy atom. The van der Waals surface area contributed by atoms with Crippen molar-refractivity contribution in [2.24, 2.45) is 0 Å². The van der Waals surface area contributed by atoms with Crippen LogP contribution in [-0.4, -0.2) is 29.6 Å². The van der Waals surface area contributed by atoms with Gasteiger partial charge in [0.2, 0.25) is 5.95 Å². The minimum Gasteiger partial charge on any atom is -0.352 e. The Morgan fingerprint density at radius 1 is 0.870 bits per heavy atom. The van der Waals surface area contributed by atoms with Gasteiger partial charge >= 0.3 is 0 Å². The Bertz CT molecular complexity index is 692. The number of hydrogen-bond donors (Lipinski definition) is 0. The molecule has 0 spiro atoms. The number of hydrogen-bond acceptors (Lipinski definition) is 4. The number of aromatic nitrogens is 2. The fraction of sp³-hybridized carbons (Fsp3) is 0.474. The third-order valence-electron chi connectivity index (χ3n) is 4.92. The minimum absolute atomic E-state index is 0.915. The van der Waals surface area contributed by atoms with Gasteiger partial charge in [0.1, 0.15) is 5.82 Å². The summed E-state index contributed by atoms with van der Waals surface area (Å²) in [4.78, 5) is 14.3. The minimum atomic E-state index is 0.915. The maximum Gasteiger partial charge on any atom is 0.227 e. The van der Waals surface area contributed by atoms with Crippen molar-refractivity contribution in [3.8, 4) is 0 Å². The molecule has 0 unspecified atom stereocenters. The van der Waals surface area contributed by atoms with Gasteiger partial charge in [0.25, 0.3) is 0 Å². The average Bonchev–Trinajstić information content (AvgIpc) is 2.61. The molecule has 2 aliphatic rings. The first-order valence-electron chi connectivity index (χ1n) is 8.72. The highest BCUT2D eigenvalue weighted by molar-refractivity contribution is 5.49. The van der Waals surface area contributed by atoms with Crippen LogP contribution in [0.4, 0.5) is 11.8 Å². The van der Waals surface area contributed by atoms with E-state index in [0.29, 0.717) is 0 Å². The molecule has 1 fully saturated rings. The highest BCUT2D eigenvalue weighted by Crippen LogP contribution is 2.25. The van der Waals surface area contributed by atoms with Crippen molar-refractivity contribution < 1.29 is 0 Å². The van der Waals surface area contributed by atoms with E-state index in [0.717, 1.165) is 50.1 Å². The molecule has 4 heteroatoms. The van der Waals surface area contributed by atoms with Crippen molar-refractivity contribution >= 4 is 11.8 Å². The number of anilines is 2. The van der Waals surface area contributed by atoms with E-state index < -0.39 is 0 Å². The van der Waals surface area contributed by atoms with Gasteiger partial charge in [-0.05, 0) is 43.7 Å². The first kappa shape index (κ1) is 14.5. The summed E-state index contributed by atoms with van der Waals surface area (Å²) >= 11 is 0. The molecule has 23 heavy (non-hydrogen) atoms. The molecular weight excluding hydrogens is 284 g/mol. The molecule has 0 N–H and O–H groups in total. The molecule has 1 aromatic heterocycles. The number of benzene rings is 1. The zero-order chi connectivity index (χ0) is 15.6. The number of rotatable bonds is 2. The topological polar surface area (TPSA) is 32.3 Å². The van der Waals surface area contributed by atoms with E-state index in [1.54, 1.807) is 0 Å². The van der Waals surface area contributed by atoms with Gasteiger partial charge < -0.3 is 9.80 Å². The van der Waals surface area contributed by atoms with Crippen molar-refractivity contribution in [1.29, 1.82) is 0 Å². The monoisotopic (exact) mass is 308 g/mol. The quantitative estimate of drug-likeness (QED) is 0.852. The van der Waals surface area contributed by atoms with Crippen molar-refractivity contribution in [1.82, 2.24) is 9.97 Å². The van der Waals surface area contributed by atoms with E-state index in [9.17, 15) is 0 Å². The summed E-state index contributed by atoms with van der Waals surface area (Å²) in [5, 5.41) is 0. The number of aryl methyl sites for hydroxylation is 1. The van der Waals surface area contributed by atoms with Crippen molar-refractivity contribution in [2.45, 2.75) is 39.2 Å². The second-order valence-corrected chi connectivity index (χ2v) is 6.66. The molecule has 1 saturated heterocycles. The van der Waals surface area contributed by atoms with Gasteiger partial charge in [0, 0.05) is 37.9 Å². The smallest absolute Gasteiger partial charge is 0.227 e. The van der Waals surface area contributed by atoms with Crippen LogP contribution in [0.3, 0.4) is 0 Å². The summed E-state index contributed by atoms with van der Waals surface area (Å²) in [5.41, 5.74) is 3.97. The van der Waals surface area contributed by atoms with Crippen molar-refractivity contribution in [3.63, 3.8) is 0 Å². The first-order valence-corrected chi connectivity index (χ1v) is 8.72. The molecule has 120 valence electrons. The maximum atomic E-state index is 4.89. The van der Waals surface area contributed by atoms with Crippen LogP contribution in [0.5, 0.6) is 0 Å². The molecule has 0 amide bonds. The van der Waals surface area contributed by atoms with Gasteiger partial charge in [0.15, 0.2) is 0 Å². The van der Waals surface area contributed by atoms with E-state index >= 15 is 0 Å². The van der Waals surface area contributed by atoms with Gasteiger partial charge in [-0.15, -0.1) is 0 Å². The van der Waals surface area contributed by atoms with E-state index in [-0.39, 0.29) is 0 Å². The molecular formula is C19H24N4. The summed E-state index contributed by atoms with van der Waals surface area (Å²) < 4.78 is 0. The fourth-order valence-corrected chi connectivity index (χ4v) is 3.63. The highest BCUT2D eigenvalue weighted by atomic mass is 15.3. The third kappa shape index (κ3) is 3.03. The summed E-state index contributed by atoms with van der Waals surface area (Å²) in [6, 6.07) is 10.9. The summed E-state index contributed by atoms with van der Waals surface area (Å²) in [5.74, 6) is 1.99. The Kier molecular flexibility index (Phi) is 3.90. The molecule has 3 heterocycles. The zero-order valence-electron chi connectivity index (χ0n) is 13.8. The second-order valence-electron chi connectivity index (χ2n) is 6.66. The lowest BCUT2D eigenvalue weighted by Gasteiger charge is -2.32. The number of piperidine rings is 1. The van der Waals surface area contributed by atoms with Gasteiger partial charge in [-0.25, -0.2) is 4.98 Å². The number of fused-ring (bicyclic) bond motifs is 1. The van der Waals surface area contributed by atoms with Crippen LogP contribution in [0.15, 0.2) is 30.3 Å². The molecule has 0 atom stereocenters. The van der Waals surface area contributed by atoms with Crippen LogP contribution >= 0.6 is 0 Å². The lowest BCUT2D eigenvalue weighted by Crippen LogP contribution is -2.34. The molecule has 0 saturated carbocycles. The van der Waals surface area contributed by atoms with Crippen molar-refractivity contribution in [3.05, 3.63) is 47.2 Å². The molecule has 2 aliphatic heterocycles. The number of nitrogens with zero attached hydrogens (tertiary/aromatic N) is 4. The standard InChI is InChI=1S/C19H24N4/c1-15-13-18(21-19(20-15)22-10-5-2-6-11-22)23-12-9-16-7-3-4-8-17(16)14-23/h3-4,7-8,13H,2,5-6,9-12,14H2,1H3.